The number of amidine groups is 1. The Balaban J connectivity index is 2.96. The van der Waals surface area contributed by atoms with Gasteiger partial charge in [0.05, 0.1) is 0 Å². The summed E-state index contributed by atoms with van der Waals surface area (Å²) in [4.78, 5) is 4.15. The number of para-hydroxylation sites is 1. The number of nitrogens with zero attached hydrogens (tertiary/aromatic N) is 1. The normalized spacial score (nSPS) is 11.6. The van der Waals surface area contributed by atoms with Crippen LogP contribution in [0.2, 0.25) is 0 Å². The van der Waals surface area contributed by atoms with Crippen molar-refractivity contribution in [2.75, 3.05) is 18.6 Å². The van der Waals surface area contributed by atoms with Crippen molar-refractivity contribution < 1.29 is 0 Å². The molecule has 0 atom stereocenters. The number of hydrogen-bond donors (Lipinski definition) is 1. The second kappa shape index (κ2) is 5.05. The summed E-state index contributed by atoms with van der Waals surface area (Å²) in [6.45, 7) is 4.20. The summed E-state index contributed by atoms with van der Waals surface area (Å²) < 4.78 is 0. The van der Waals surface area contributed by atoms with Crippen LogP contribution in [0.3, 0.4) is 0 Å². The molecule has 0 unspecified atom stereocenters. The molecule has 0 radical (unpaired) electrons. The maximum atomic E-state index is 4.15. The van der Waals surface area contributed by atoms with Gasteiger partial charge in [0.1, 0.15) is 0 Å². The average Bonchev–Trinajstić information content (AvgIpc) is 2.18. The minimum absolute atomic E-state index is 0.947. The third-order valence-electron chi connectivity index (χ3n) is 2.11. The Morgan fingerprint density at radius 3 is 2.29 bits per heavy atom. The fraction of sp³-hybridized carbons (Fsp3) is 0.364. The molecule has 3 heteroatoms. The Morgan fingerprint density at radius 2 is 1.86 bits per heavy atom. The molecule has 0 heterocycles. The van der Waals surface area contributed by atoms with Crippen LogP contribution >= 0.6 is 11.8 Å². The van der Waals surface area contributed by atoms with Gasteiger partial charge in [-0.1, -0.05) is 30.0 Å². The van der Waals surface area contributed by atoms with Crippen molar-refractivity contribution in [3.05, 3.63) is 29.3 Å². The van der Waals surface area contributed by atoms with Crippen LogP contribution in [0, 0.1) is 13.8 Å². The zero-order chi connectivity index (χ0) is 10.6. The van der Waals surface area contributed by atoms with Gasteiger partial charge < -0.3 is 5.32 Å². The third kappa shape index (κ3) is 2.51. The quantitative estimate of drug-likeness (QED) is 0.566. The van der Waals surface area contributed by atoms with Crippen LogP contribution < -0.4 is 5.32 Å². The first-order valence-corrected chi connectivity index (χ1v) is 5.75. The fourth-order valence-electron chi connectivity index (χ4n) is 1.32. The molecule has 0 saturated carbocycles. The summed E-state index contributed by atoms with van der Waals surface area (Å²) in [5, 5.41) is 4.27. The molecule has 1 N–H and O–H groups in total. The van der Waals surface area contributed by atoms with Crippen LogP contribution in [-0.2, 0) is 0 Å². The molecule has 0 saturated heterocycles. The van der Waals surface area contributed by atoms with Crippen molar-refractivity contribution in [3.8, 4) is 0 Å². The van der Waals surface area contributed by atoms with Gasteiger partial charge in [-0.05, 0) is 31.2 Å². The first-order chi connectivity index (χ1) is 6.69. The molecule has 1 rings (SSSR count). The van der Waals surface area contributed by atoms with Crippen molar-refractivity contribution in [1.29, 1.82) is 0 Å². The molecule has 0 spiro atoms. The minimum atomic E-state index is 0.947. The highest BCUT2D eigenvalue weighted by Gasteiger charge is 2.03. The second-order valence-corrected chi connectivity index (χ2v) is 3.92. The Bertz CT molecular complexity index is 325. The SMILES string of the molecule is CN=C(Nc1c(C)cccc1C)SC. The van der Waals surface area contributed by atoms with E-state index in [0.29, 0.717) is 0 Å². The average molecular weight is 208 g/mol. The van der Waals surface area contributed by atoms with Crippen molar-refractivity contribution >= 4 is 22.6 Å². The number of hydrogen-bond acceptors (Lipinski definition) is 2. The van der Waals surface area contributed by atoms with Crippen molar-refractivity contribution in [2.45, 2.75) is 13.8 Å². The van der Waals surface area contributed by atoms with Gasteiger partial charge in [0.25, 0.3) is 0 Å². The van der Waals surface area contributed by atoms with Gasteiger partial charge in [0, 0.05) is 12.7 Å². The number of thioether (sulfide) groups is 1. The van der Waals surface area contributed by atoms with Crippen molar-refractivity contribution in [1.82, 2.24) is 0 Å². The van der Waals surface area contributed by atoms with E-state index in [1.165, 1.54) is 16.8 Å². The van der Waals surface area contributed by atoms with Crippen LogP contribution in [0.1, 0.15) is 11.1 Å². The van der Waals surface area contributed by atoms with Crippen LogP contribution in [-0.4, -0.2) is 18.5 Å². The number of rotatable bonds is 1. The second-order valence-electron chi connectivity index (χ2n) is 3.12. The molecule has 1 aromatic carbocycles. The van der Waals surface area contributed by atoms with Gasteiger partial charge in [-0.3, -0.25) is 4.99 Å². The zero-order valence-electron chi connectivity index (χ0n) is 9.09. The first kappa shape index (κ1) is 11.1. The summed E-state index contributed by atoms with van der Waals surface area (Å²) in [5.74, 6) is 0. The Kier molecular flexibility index (Phi) is 4.01. The molecule has 2 nitrogen and oxygen atoms in total. The molecule has 0 aromatic heterocycles. The van der Waals surface area contributed by atoms with E-state index in [4.69, 9.17) is 0 Å². The standard InChI is InChI=1S/C11H16N2S/c1-8-6-5-7-9(2)10(8)13-11(12-3)14-4/h5-7H,1-4H3,(H,12,13). The third-order valence-corrected chi connectivity index (χ3v) is 2.78. The molecular formula is C11H16N2S. The van der Waals surface area contributed by atoms with Crippen molar-refractivity contribution in [3.63, 3.8) is 0 Å². The molecular weight excluding hydrogens is 192 g/mol. The first-order valence-electron chi connectivity index (χ1n) is 4.53. The van der Waals surface area contributed by atoms with Crippen LogP contribution in [0.25, 0.3) is 0 Å². The smallest absolute Gasteiger partial charge is 0.160 e. The summed E-state index contributed by atoms with van der Waals surface area (Å²) in [7, 11) is 1.80. The lowest BCUT2D eigenvalue weighted by Crippen LogP contribution is -2.09. The van der Waals surface area contributed by atoms with Crippen molar-refractivity contribution in [2.24, 2.45) is 4.99 Å². The maximum absolute atomic E-state index is 4.15. The Morgan fingerprint density at radius 1 is 1.29 bits per heavy atom. The number of nitrogens with one attached hydrogen (secondary N) is 1. The van der Waals surface area contributed by atoms with Crippen LogP contribution in [0.5, 0.6) is 0 Å². The highest BCUT2D eigenvalue weighted by atomic mass is 32.2. The number of aryl methyl sites for hydroxylation is 2. The van der Waals surface area contributed by atoms with E-state index in [2.05, 4.69) is 42.4 Å². The molecule has 1 aromatic rings. The van der Waals surface area contributed by atoms with E-state index in [-0.39, 0.29) is 0 Å². The van der Waals surface area contributed by atoms with Gasteiger partial charge >= 0.3 is 0 Å². The molecule has 0 fully saturated rings. The lowest BCUT2D eigenvalue weighted by molar-refractivity contribution is 1.36. The fourth-order valence-corrected chi connectivity index (χ4v) is 1.70. The van der Waals surface area contributed by atoms with E-state index in [1.54, 1.807) is 18.8 Å². The van der Waals surface area contributed by atoms with Gasteiger partial charge in [-0.25, -0.2) is 0 Å². The molecule has 0 aliphatic heterocycles. The van der Waals surface area contributed by atoms with E-state index < -0.39 is 0 Å². The van der Waals surface area contributed by atoms with Crippen LogP contribution in [0.4, 0.5) is 5.69 Å². The van der Waals surface area contributed by atoms with Gasteiger partial charge in [0.15, 0.2) is 5.17 Å². The summed E-state index contributed by atoms with van der Waals surface area (Å²) in [6, 6.07) is 6.27. The lowest BCUT2D eigenvalue weighted by Gasteiger charge is -2.12. The van der Waals surface area contributed by atoms with Gasteiger partial charge in [-0.2, -0.15) is 0 Å². The van der Waals surface area contributed by atoms with Gasteiger partial charge in [0.2, 0.25) is 0 Å². The topological polar surface area (TPSA) is 24.4 Å². The monoisotopic (exact) mass is 208 g/mol. The molecule has 14 heavy (non-hydrogen) atoms. The summed E-state index contributed by atoms with van der Waals surface area (Å²) in [6.07, 6.45) is 2.02. The highest BCUT2D eigenvalue weighted by Crippen LogP contribution is 2.20. The highest BCUT2D eigenvalue weighted by molar-refractivity contribution is 8.13. The van der Waals surface area contributed by atoms with E-state index >= 15 is 0 Å². The molecule has 76 valence electrons. The van der Waals surface area contributed by atoms with Crippen LogP contribution in [0.15, 0.2) is 23.2 Å². The molecule has 0 aliphatic rings. The molecule has 0 bridgehead atoms. The van der Waals surface area contributed by atoms with E-state index in [0.717, 1.165) is 5.17 Å². The van der Waals surface area contributed by atoms with E-state index in [9.17, 15) is 0 Å². The zero-order valence-corrected chi connectivity index (χ0v) is 9.90. The maximum Gasteiger partial charge on any atom is 0.160 e. The number of anilines is 1. The molecule has 0 aliphatic carbocycles. The Labute approximate surface area is 89.8 Å². The summed E-state index contributed by atoms with van der Waals surface area (Å²) in [5.41, 5.74) is 3.67. The predicted molar refractivity (Wildman–Crippen MR) is 66.4 cm³/mol. The van der Waals surface area contributed by atoms with Gasteiger partial charge in [-0.15, -0.1) is 0 Å². The Hall–Kier alpha value is -0.960. The lowest BCUT2D eigenvalue weighted by atomic mass is 10.1. The molecule has 0 amide bonds. The minimum Gasteiger partial charge on any atom is -0.335 e. The summed E-state index contributed by atoms with van der Waals surface area (Å²) >= 11 is 1.62. The largest absolute Gasteiger partial charge is 0.335 e. The number of aliphatic imine (C=N–C) groups is 1. The predicted octanol–water partition coefficient (Wildman–Crippen LogP) is 3.06. The number of benzene rings is 1. The van der Waals surface area contributed by atoms with E-state index in [1.807, 2.05) is 6.26 Å².